The Morgan fingerprint density at radius 2 is 2.12 bits per heavy atom. The summed E-state index contributed by atoms with van der Waals surface area (Å²) in [5.74, 6) is 0. The Labute approximate surface area is 60.7 Å². The first-order chi connectivity index (χ1) is 3.27. The van der Waals surface area contributed by atoms with Crippen molar-refractivity contribution in [3.05, 3.63) is 0 Å². The second kappa shape index (κ2) is 7.70. The van der Waals surface area contributed by atoms with Gasteiger partial charge in [0.1, 0.15) is 0 Å². The summed E-state index contributed by atoms with van der Waals surface area (Å²) in [6.45, 7) is 2.00. The smallest absolute Gasteiger partial charge is 0.189 e. The molecule has 0 fully saturated rings. The Morgan fingerprint density at radius 3 is 2.25 bits per heavy atom. The standard InChI is InChI=1S/C4H11O2P.Co/c1-2-3-4-7(5)6;/h7H,2-4H2,1H3,(H,5,6);. The molecule has 0 aliphatic heterocycles. The molecule has 53 valence electrons. The number of hydrogen-bond acceptors (Lipinski definition) is 1. The average Bonchev–Trinajstić information content (AvgIpc) is 1.61. The first-order valence-corrected chi connectivity index (χ1v) is 4.05. The number of unbranched alkanes of at least 4 members (excludes halogenated alkanes) is 1. The van der Waals surface area contributed by atoms with Gasteiger partial charge in [0.05, 0.1) is 0 Å². The normalized spacial score (nSPS) is 12.2. The molecule has 0 amide bonds. The molecule has 0 spiro atoms. The molecule has 0 aromatic carbocycles. The van der Waals surface area contributed by atoms with Gasteiger partial charge in [-0.3, -0.25) is 4.57 Å². The molecule has 0 saturated carbocycles. The molecule has 0 saturated heterocycles. The van der Waals surface area contributed by atoms with E-state index in [2.05, 4.69) is 0 Å². The molecule has 2 nitrogen and oxygen atoms in total. The van der Waals surface area contributed by atoms with E-state index in [1.54, 1.807) is 0 Å². The fraction of sp³-hybridized carbons (Fsp3) is 1.00. The van der Waals surface area contributed by atoms with Gasteiger partial charge in [-0.25, -0.2) is 0 Å². The van der Waals surface area contributed by atoms with Gasteiger partial charge in [0.2, 0.25) is 0 Å². The van der Waals surface area contributed by atoms with E-state index in [-0.39, 0.29) is 16.8 Å². The van der Waals surface area contributed by atoms with Crippen molar-refractivity contribution in [2.24, 2.45) is 0 Å². The van der Waals surface area contributed by atoms with Gasteiger partial charge < -0.3 is 4.89 Å². The van der Waals surface area contributed by atoms with E-state index in [9.17, 15) is 4.57 Å². The summed E-state index contributed by atoms with van der Waals surface area (Å²) in [6.07, 6.45) is 2.40. The maximum atomic E-state index is 9.94. The third-order valence-corrected chi connectivity index (χ3v) is 1.53. The van der Waals surface area contributed by atoms with Gasteiger partial charge in [-0.1, -0.05) is 13.3 Å². The van der Waals surface area contributed by atoms with Crippen LogP contribution in [-0.2, 0) is 21.3 Å². The van der Waals surface area contributed by atoms with Crippen molar-refractivity contribution in [3.63, 3.8) is 0 Å². The Bertz CT molecular complexity index is 67.1. The van der Waals surface area contributed by atoms with Crippen molar-refractivity contribution in [3.8, 4) is 0 Å². The molecule has 1 radical (unpaired) electrons. The topological polar surface area (TPSA) is 37.3 Å². The molecular weight excluding hydrogens is 170 g/mol. The zero-order valence-corrected chi connectivity index (χ0v) is 6.85. The molecule has 0 rings (SSSR count). The third-order valence-electron chi connectivity index (χ3n) is 0.744. The quantitative estimate of drug-likeness (QED) is 0.665. The van der Waals surface area contributed by atoms with Crippen LogP contribution in [0.1, 0.15) is 19.8 Å². The van der Waals surface area contributed by atoms with Crippen molar-refractivity contribution >= 4 is 8.03 Å². The van der Waals surface area contributed by atoms with E-state index in [1.165, 1.54) is 0 Å². The fourth-order valence-corrected chi connectivity index (χ4v) is 0.984. The summed E-state index contributed by atoms with van der Waals surface area (Å²) < 4.78 is 9.94. The van der Waals surface area contributed by atoms with Gasteiger partial charge in [-0.05, 0) is 6.42 Å². The number of hydrogen-bond donors (Lipinski definition) is 1. The van der Waals surface area contributed by atoms with E-state index in [0.717, 1.165) is 12.8 Å². The zero-order valence-electron chi connectivity index (χ0n) is 4.81. The molecule has 0 aliphatic carbocycles. The summed E-state index contributed by atoms with van der Waals surface area (Å²) in [5, 5.41) is 0. The van der Waals surface area contributed by atoms with Crippen LogP contribution in [0, 0.1) is 0 Å². The zero-order chi connectivity index (χ0) is 5.70. The van der Waals surface area contributed by atoms with Crippen molar-refractivity contribution in [2.45, 2.75) is 19.8 Å². The van der Waals surface area contributed by atoms with Crippen LogP contribution < -0.4 is 0 Å². The summed E-state index contributed by atoms with van der Waals surface area (Å²) in [4.78, 5) is 8.23. The monoisotopic (exact) mass is 181 g/mol. The molecule has 0 aromatic heterocycles. The van der Waals surface area contributed by atoms with E-state index >= 15 is 0 Å². The molecule has 0 heterocycles. The van der Waals surface area contributed by atoms with Crippen molar-refractivity contribution in [1.29, 1.82) is 0 Å². The molecule has 8 heavy (non-hydrogen) atoms. The van der Waals surface area contributed by atoms with Crippen LogP contribution in [0.2, 0.25) is 0 Å². The van der Waals surface area contributed by atoms with Crippen LogP contribution in [0.5, 0.6) is 0 Å². The Hall–Kier alpha value is 0.696. The largest absolute Gasteiger partial charge is 0.346 e. The van der Waals surface area contributed by atoms with Crippen molar-refractivity contribution in [1.82, 2.24) is 0 Å². The second-order valence-electron chi connectivity index (χ2n) is 1.50. The predicted molar refractivity (Wildman–Crippen MR) is 31.0 cm³/mol. The SMILES string of the molecule is CCCC[PH](=O)O.[Co]. The van der Waals surface area contributed by atoms with E-state index in [4.69, 9.17) is 4.89 Å². The molecule has 0 aromatic rings. The molecule has 1 atom stereocenters. The third kappa shape index (κ3) is 9.85. The van der Waals surface area contributed by atoms with Crippen LogP contribution >= 0.6 is 8.03 Å². The molecular formula is C4H11CoO2P. The van der Waals surface area contributed by atoms with Crippen molar-refractivity contribution in [2.75, 3.05) is 6.16 Å². The maximum Gasteiger partial charge on any atom is 0.189 e. The van der Waals surface area contributed by atoms with Gasteiger partial charge in [0, 0.05) is 22.9 Å². The van der Waals surface area contributed by atoms with E-state index in [0.29, 0.717) is 6.16 Å². The summed E-state index contributed by atoms with van der Waals surface area (Å²) in [7, 11) is -2.15. The van der Waals surface area contributed by atoms with Crippen LogP contribution in [0.3, 0.4) is 0 Å². The molecule has 1 unspecified atom stereocenters. The van der Waals surface area contributed by atoms with Crippen LogP contribution in [0.15, 0.2) is 0 Å². The van der Waals surface area contributed by atoms with Gasteiger partial charge in [0.25, 0.3) is 0 Å². The minimum absolute atomic E-state index is 0. The minimum Gasteiger partial charge on any atom is -0.346 e. The van der Waals surface area contributed by atoms with Crippen molar-refractivity contribution < 1.29 is 26.2 Å². The second-order valence-corrected chi connectivity index (χ2v) is 2.78. The molecule has 4 heteroatoms. The Morgan fingerprint density at radius 1 is 1.62 bits per heavy atom. The van der Waals surface area contributed by atoms with Crippen LogP contribution in [-0.4, -0.2) is 11.1 Å². The van der Waals surface area contributed by atoms with Gasteiger partial charge in [-0.15, -0.1) is 0 Å². The van der Waals surface area contributed by atoms with Crippen LogP contribution in [0.4, 0.5) is 0 Å². The van der Waals surface area contributed by atoms with E-state index in [1.807, 2.05) is 6.92 Å². The maximum absolute atomic E-state index is 9.94. The molecule has 0 aliphatic rings. The minimum atomic E-state index is -2.15. The van der Waals surface area contributed by atoms with Crippen LogP contribution in [0.25, 0.3) is 0 Å². The first-order valence-electron chi connectivity index (χ1n) is 2.49. The summed E-state index contributed by atoms with van der Waals surface area (Å²) >= 11 is 0. The van der Waals surface area contributed by atoms with Gasteiger partial charge in [-0.2, -0.15) is 0 Å². The average molecular weight is 181 g/mol. The predicted octanol–water partition coefficient (Wildman–Crippen LogP) is 1.25. The number of rotatable bonds is 3. The fourth-order valence-electron chi connectivity index (χ4n) is 0.328. The summed E-state index contributed by atoms with van der Waals surface area (Å²) in [5.41, 5.74) is 0. The molecule has 0 bridgehead atoms. The van der Waals surface area contributed by atoms with Gasteiger partial charge in [0.15, 0.2) is 8.03 Å². The summed E-state index contributed by atoms with van der Waals surface area (Å²) in [6, 6.07) is 0. The first kappa shape index (κ1) is 11.5. The Kier molecular flexibility index (Phi) is 11.1. The van der Waals surface area contributed by atoms with Gasteiger partial charge >= 0.3 is 0 Å². The van der Waals surface area contributed by atoms with E-state index < -0.39 is 8.03 Å². The Balaban J connectivity index is 0. The molecule has 1 N–H and O–H groups in total.